The molecule has 9 heteroatoms. The molecular formula is C27H32N4O3S2. The molecule has 1 unspecified atom stereocenters. The maximum Gasteiger partial charge on any atom is 0.273 e. The van der Waals surface area contributed by atoms with Gasteiger partial charge in [-0.05, 0) is 24.6 Å². The van der Waals surface area contributed by atoms with Gasteiger partial charge in [-0.2, -0.15) is 0 Å². The van der Waals surface area contributed by atoms with Crippen LogP contribution in [0, 0.1) is 0 Å². The maximum absolute atomic E-state index is 13.0. The van der Waals surface area contributed by atoms with Crippen molar-refractivity contribution in [2.75, 3.05) is 52.1 Å². The second-order valence-electron chi connectivity index (χ2n) is 8.55. The second kappa shape index (κ2) is 12.4. The Morgan fingerprint density at radius 3 is 2.61 bits per heavy atom. The molecule has 2 aliphatic heterocycles. The fourth-order valence-electron chi connectivity index (χ4n) is 4.26. The lowest BCUT2D eigenvalue weighted by molar-refractivity contribution is -0.128. The molecular weight excluding hydrogens is 492 g/mol. The van der Waals surface area contributed by atoms with Crippen LogP contribution < -0.4 is 4.74 Å². The van der Waals surface area contributed by atoms with Crippen LogP contribution in [0.5, 0.6) is 5.75 Å². The number of hydrogen-bond donors (Lipinski definition) is 0. The van der Waals surface area contributed by atoms with Crippen LogP contribution in [-0.4, -0.2) is 83.6 Å². The first kappa shape index (κ1) is 26.2. The first-order valence-electron chi connectivity index (χ1n) is 12.0. The van der Waals surface area contributed by atoms with E-state index in [1.165, 1.54) is 11.3 Å². The van der Waals surface area contributed by atoms with Crippen LogP contribution in [0.1, 0.15) is 33.4 Å². The lowest BCUT2D eigenvalue weighted by atomic mass is 10.2. The lowest BCUT2D eigenvalue weighted by Crippen LogP contribution is -2.50. The van der Waals surface area contributed by atoms with Crippen LogP contribution in [0.4, 0.5) is 0 Å². The Kier molecular flexibility index (Phi) is 9.01. The minimum atomic E-state index is -0.0303. The summed E-state index contributed by atoms with van der Waals surface area (Å²) in [5.41, 5.74) is 2.51. The number of hydrogen-bond acceptors (Lipinski definition) is 7. The van der Waals surface area contributed by atoms with Crippen LogP contribution in [0.2, 0.25) is 0 Å². The average molecular weight is 525 g/mol. The van der Waals surface area contributed by atoms with Gasteiger partial charge in [-0.3, -0.25) is 14.5 Å². The smallest absolute Gasteiger partial charge is 0.273 e. The minimum absolute atomic E-state index is 0.0303. The first-order valence-corrected chi connectivity index (χ1v) is 13.9. The molecule has 1 atom stereocenters. The molecule has 2 saturated heterocycles. The number of nitrogens with zero attached hydrogens (tertiary/aromatic N) is 4. The number of amides is 2. The molecule has 0 bridgehead atoms. The van der Waals surface area contributed by atoms with Gasteiger partial charge in [0, 0.05) is 50.2 Å². The van der Waals surface area contributed by atoms with Gasteiger partial charge in [-0.25, -0.2) is 4.98 Å². The highest BCUT2D eigenvalue weighted by Crippen LogP contribution is 2.38. The number of thiazole rings is 1. The summed E-state index contributed by atoms with van der Waals surface area (Å²) in [4.78, 5) is 36.3. The van der Waals surface area contributed by atoms with Crippen LogP contribution in [0.25, 0.3) is 5.57 Å². The van der Waals surface area contributed by atoms with Crippen LogP contribution in [0.3, 0.4) is 0 Å². The quantitative estimate of drug-likeness (QED) is 0.455. The Bertz CT molecular complexity index is 1130. The Morgan fingerprint density at radius 1 is 1.19 bits per heavy atom. The molecule has 2 fully saturated rings. The van der Waals surface area contributed by atoms with Gasteiger partial charge in [0.25, 0.3) is 5.91 Å². The van der Waals surface area contributed by atoms with E-state index < -0.39 is 0 Å². The van der Waals surface area contributed by atoms with Gasteiger partial charge in [0.2, 0.25) is 5.91 Å². The van der Waals surface area contributed by atoms with E-state index in [-0.39, 0.29) is 17.2 Å². The molecule has 190 valence electrons. The zero-order valence-corrected chi connectivity index (χ0v) is 22.4. The van der Waals surface area contributed by atoms with Crippen LogP contribution in [-0.2, 0) is 4.79 Å². The van der Waals surface area contributed by atoms with Crippen molar-refractivity contribution in [3.63, 3.8) is 0 Å². The molecule has 4 rings (SSSR count). The summed E-state index contributed by atoms with van der Waals surface area (Å²) < 4.78 is 5.26. The number of allylic oxidation sites excluding steroid dienone is 5. The van der Waals surface area contributed by atoms with E-state index in [9.17, 15) is 9.59 Å². The zero-order chi connectivity index (χ0) is 25.5. The average Bonchev–Trinajstić information content (AvgIpc) is 3.55. The molecule has 36 heavy (non-hydrogen) atoms. The van der Waals surface area contributed by atoms with Gasteiger partial charge >= 0.3 is 0 Å². The number of carbonyl (C=O) groups excluding carboxylic acids is 2. The van der Waals surface area contributed by atoms with E-state index in [2.05, 4.69) is 16.5 Å². The normalized spacial score (nSPS) is 19.3. The predicted octanol–water partition coefficient (Wildman–Crippen LogP) is 4.33. The molecule has 0 aliphatic carbocycles. The summed E-state index contributed by atoms with van der Waals surface area (Å²) in [6.45, 7) is 10.1. The summed E-state index contributed by atoms with van der Waals surface area (Å²) in [5.74, 6) is 1.47. The second-order valence-corrected chi connectivity index (χ2v) is 10.5. The van der Waals surface area contributed by atoms with Crippen molar-refractivity contribution in [1.29, 1.82) is 0 Å². The number of benzene rings is 1. The van der Waals surface area contributed by atoms with Crippen molar-refractivity contribution in [3.05, 3.63) is 76.8 Å². The molecule has 0 spiro atoms. The summed E-state index contributed by atoms with van der Waals surface area (Å²) >= 11 is 3.13. The highest BCUT2D eigenvalue weighted by atomic mass is 32.2. The van der Waals surface area contributed by atoms with Gasteiger partial charge < -0.3 is 14.5 Å². The van der Waals surface area contributed by atoms with E-state index in [0.29, 0.717) is 31.1 Å². The Hall–Kier alpha value is -2.88. The fourth-order valence-corrected chi connectivity index (χ4v) is 6.29. The van der Waals surface area contributed by atoms with E-state index in [0.717, 1.165) is 41.5 Å². The molecule has 1 aromatic carbocycles. The van der Waals surface area contributed by atoms with E-state index in [1.54, 1.807) is 24.9 Å². The molecule has 0 saturated carbocycles. The van der Waals surface area contributed by atoms with E-state index in [4.69, 9.17) is 4.74 Å². The van der Waals surface area contributed by atoms with Crippen molar-refractivity contribution in [2.24, 2.45) is 0 Å². The Balaban J connectivity index is 1.29. The number of ether oxygens (including phenoxy) is 1. The Morgan fingerprint density at radius 2 is 1.94 bits per heavy atom. The first-order chi connectivity index (χ1) is 17.5. The standard InChI is InChI=1S/C27H32N4O3S2/c1-4-6-7-20(5-2)25-28-23(18-35-25)26(33)30-15-12-29(13-16-30)14-17-31-24(32)19-36-27(31)21-8-10-22(34-3)11-9-21/h4-11,18,27H,2,12-17,19H2,1,3H3/b6-4-,20-7+. The van der Waals surface area contributed by atoms with Crippen molar-refractivity contribution in [3.8, 4) is 5.75 Å². The number of piperazine rings is 1. The topological polar surface area (TPSA) is 66.0 Å². The summed E-state index contributed by atoms with van der Waals surface area (Å²) in [7, 11) is 1.65. The number of aromatic nitrogens is 1. The molecule has 0 N–H and O–H groups in total. The molecule has 1 aromatic heterocycles. The summed E-state index contributed by atoms with van der Waals surface area (Å²) in [5, 5.41) is 2.66. The van der Waals surface area contributed by atoms with E-state index >= 15 is 0 Å². The van der Waals surface area contributed by atoms with E-state index in [1.807, 2.05) is 64.6 Å². The number of methoxy groups -OCH3 is 1. The molecule has 2 amide bonds. The van der Waals surface area contributed by atoms with Crippen molar-refractivity contribution < 1.29 is 14.3 Å². The van der Waals surface area contributed by atoms with Crippen molar-refractivity contribution >= 4 is 40.5 Å². The van der Waals surface area contributed by atoms with Gasteiger partial charge in [0.15, 0.2) is 0 Å². The van der Waals surface area contributed by atoms with Gasteiger partial charge in [0.1, 0.15) is 21.8 Å². The molecule has 7 nitrogen and oxygen atoms in total. The summed E-state index contributed by atoms with van der Waals surface area (Å²) in [6.07, 6.45) is 7.59. The molecule has 2 aliphatic rings. The fraction of sp³-hybridized carbons (Fsp3) is 0.370. The van der Waals surface area contributed by atoms with Gasteiger partial charge in [0.05, 0.1) is 12.9 Å². The largest absolute Gasteiger partial charge is 0.497 e. The lowest BCUT2D eigenvalue weighted by Gasteiger charge is -2.35. The third-order valence-electron chi connectivity index (χ3n) is 6.34. The monoisotopic (exact) mass is 524 g/mol. The third-order valence-corrected chi connectivity index (χ3v) is 8.49. The molecule has 2 aromatic rings. The minimum Gasteiger partial charge on any atom is -0.497 e. The number of rotatable bonds is 9. The maximum atomic E-state index is 13.0. The predicted molar refractivity (Wildman–Crippen MR) is 147 cm³/mol. The third kappa shape index (κ3) is 6.08. The molecule has 3 heterocycles. The number of thioether (sulfide) groups is 1. The SMILES string of the molecule is C=C/C(=C\C=C/C)c1nc(C(=O)N2CCN(CCN3C(=O)CSC3c3ccc(OC)cc3)CC2)cs1. The zero-order valence-electron chi connectivity index (χ0n) is 20.8. The van der Waals surface area contributed by atoms with Crippen molar-refractivity contribution in [1.82, 2.24) is 19.7 Å². The Labute approximate surface area is 221 Å². The summed E-state index contributed by atoms with van der Waals surface area (Å²) in [6, 6.07) is 7.94. The highest BCUT2D eigenvalue weighted by Gasteiger charge is 2.33. The van der Waals surface area contributed by atoms with Crippen molar-refractivity contribution in [2.45, 2.75) is 12.3 Å². The molecule has 0 radical (unpaired) electrons. The highest BCUT2D eigenvalue weighted by molar-refractivity contribution is 8.00. The van der Waals surface area contributed by atoms with Crippen LogP contribution in [0.15, 0.2) is 60.5 Å². The number of carbonyl (C=O) groups is 2. The van der Waals surface area contributed by atoms with Gasteiger partial charge in [-0.15, -0.1) is 23.1 Å². The van der Waals surface area contributed by atoms with Crippen LogP contribution >= 0.6 is 23.1 Å². The van der Waals surface area contributed by atoms with Gasteiger partial charge in [-0.1, -0.05) is 43.0 Å².